The summed E-state index contributed by atoms with van der Waals surface area (Å²) in [5.41, 5.74) is 8.09. The largest absolute Gasteiger partial charge is 0.378 e. The molecule has 0 bridgehead atoms. The maximum atomic E-state index is 14.0. The third kappa shape index (κ3) is 5.25. The number of thiophene rings is 1. The molecule has 222 valence electrons. The Morgan fingerprint density at radius 1 is 1.02 bits per heavy atom. The van der Waals surface area contributed by atoms with E-state index in [-0.39, 0.29) is 23.3 Å². The summed E-state index contributed by atoms with van der Waals surface area (Å²) in [6, 6.07) is 8.56. The normalized spacial score (nSPS) is 20.7. The smallest absolute Gasteiger partial charge is 0.243 e. The van der Waals surface area contributed by atoms with E-state index in [9.17, 15) is 8.42 Å². The van der Waals surface area contributed by atoms with Gasteiger partial charge in [-0.15, -0.1) is 11.3 Å². The summed E-state index contributed by atoms with van der Waals surface area (Å²) >= 11 is 1.71. The van der Waals surface area contributed by atoms with Crippen molar-refractivity contribution in [3.05, 3.63) is 53.2 Å². The first-order chi connectivity index (χ1) is 20.1. The fourth-order valence-electron chi connectivity index (χ4n) is 6.29. The van der Waals surface area contributed by atoms with Gasteiger partial charge in [0.15, 0.2) is 11.6 Å². The minimum Gasteiger partial charge on any atom is -0.378 e. The predicted octanol–water partition coefficient (Wildman–Crippen LogP) is 4.86. The van der Waals surface area contributed by atoms with Gasteiger partial charge in [-0.25, -0.2) is 28.4 Å². The first kappa shape index (κ1) is 28.9. The Bertz CT molecular complexity index is 1680. The quantitative estimate of drug-likeness (QED) is 0.338. The summed E-state index contributed by atoms with van der Waals surface area (Å²) < 4.78 is 36.5. The molecule has 2 unspecified atom stereocenters. The van der Waals surface area contributed by atoms with Gasteiger partial charge in [-0.3, -0.25) is 0 Å². The average Bonchev–Trinajstić information content (AvgIpc) is 3.33. The number of rotatable bonds is 5. The van der Waals surface area contributed by atoms with Gasteiger partial charge in [-0.05, 0) is 42.9 Å². The third-order valence-electron chi connectivity index (χ3n) is 8.18. The maximum Gasteiger partial charge on any atom is 0.243 e. The molecule has 2 saturated heterocycles. The number of nitrogen functional groups attached to an aromatic ring is 1. The number of hydrogen-bond acceptors (Lipinski definition) is 10. The van der Waals surface area contributed by atoms with Gasteiger partial charge in [0.25, 0.3) is 0 Å². The van der Waals surface area contributed by atoms with Gasteiger partial charge < -0.3 is 15.4 Å². The third-order valence-corrected chi connectivity index (χ3v) is 11.5. The molecule has 6 rings (SSSR count). The number of sulfonamides is 1. The molecule has 0 radical (unpaired) electrons. The second kappa shape index (κ2) is 11.1. The minimum atomic E-state index is -3.69. The molecule has 0 aliphatic carbocycles. The van der Waals surface area contributed by atoms with Crippen molar-refractivity contribution >= 4 is 43.3 Å². The number of piperidine rings is 1. The van der Waals surface area contributed by atoms with Crippen molar-refractivity contribution in [1.82, 2.24) is 24.2 Å². The van der Waals surface area contributed by atoms with Crippen molar-refractivity contribution in [2.24, 2.45) is 5.41 Å². The van der Waals surface area contributed by atoms with Crippen molar-refractivity contribution in [3.63, 3.8) is 0 Å². The molecule has 2 atom stereocenters. The van der Waals surface area contributed by atoms with Crippen LogP contribution in [0.1, 0.15) is 50.0 Å². The van der Waals surface area contributed by atoms with Gasteiger partial charge in [-0.2, -0.15) is 4.31 Å². The summed E-state index contributed by atoms with van der Waals surface area (Å²) in [4.78, 5) is 22.2. The van der Waals surface area contributed by atoms with Crippen molar-refractivity contribution in [1.29, 1.82) is 0 Å². The van der Waals surface area contributed by atoms with Crippen molar-refractivity contribution in [3.8, 4) is 11.4 Å². The van der Waals surface area contributed by atoms with Crippen LogP contribution in [0.5, 0.6) is 0 Å². The fraction of sp³-hybridized carbons (Fsp3) is 0.467. The molecule has 2 aliphatic heterocycles. The van der Waals surface area contributed by atoms with Crippen LogP contribution in [-0.4, -0.2) is 71.5 Å². The SMILES string of the molecule is Cc1c(C2CCCN(S(=O)(=O)c3ccccc3)C2C(C)(C)C)sc2c(N3CCOCC3)nc(-c3cnc(N)nc3)nc12. The Balaban J connectivity index is 1.50. The maximum absolute atomic E-state index is 14.0. The van der Waals surface area contributed by atoms with Gasteiger partial charge >= 0.3 is 0 Å². The highest BCUT2D eigenvalue weighted by Crippen LogP contribution is 2.49. The molecular weight excluding hydrogens is 571 g/mol. The van der Waals surface area contributed by atoms with Crippen molar-refractivity contribution in [2.75, 3.05) is 43.5 Å². The summed E-state index contributed by atoms with van der Waals surface area (Å²) in [6.45, 7) is 11.8. The lowest BCUT2D eigenvalue weighted by Gasteiger charge is -2.47. The van der Waals surface area contributed by atoms with E-state index < -0.39 is 10.0 Å². The molecule has 2 aliphatic rings. The van der Waals surface area contributed by atoms with Crippen LogP contribution in [-0.2, 0) is 14.8 Å². The van der Waals surface area contributed by atoms with E-state index in [1.165, 1.54) is 4.88 Å². The number of hydrogen-bond donors (Lipinski definition) is 1. The molecule has 12 heteroatoms. The van der Waals surface area contributed by atoms with Crippen LogP contribution < -0.4 is 10.6 Å². The summed E-state index contributed by atoms with van der Waals surface area (Å²) in [5, 5.41) is 0. The Kier molecular flexibility index (Phi) is 7.67. The zero-order valence-electron chi connectivity index (χ0n) is 24.4. The number of nitrogens with zero attached hydrogens (tertiary/aromatic N) is 6. The molecule has 0 saturated carbocycles. The number of nitrogens with two attached hydrogens (primary N) is 1. The highest BCUT2D eigenvalue weighted by molar-refractivity contribution is 7.89. The molecule has 0 spiro atoms. The van der Waals surface area contributed by atoms with E-state index in [4.69, 9.17) is 20.4 Å². The lowest BCUT2D eigenvalue weighted by atomic mass is 9.74. The van der Waals surface area contributed by atoms with Gasteiger partial charge in [0, 0.05) is 48.9 Å². The van der Waals surface area contributed by atoms with Crippen LogP contribution in [0.15, 0.2) is 47.6 Å². The van der Waals surface area contributed by atoms with E-state index in [1.807, 2.05) is 6.07 Å². The molecule has 0 amide bonds. The number of aromatic nitrogens is 4. The second-order valence-electron chi connectivity index (χ2n) is 12.1. The average molecular weight is 608 g/mol. The number of ether oxygens (including phenoxy) is 1. The first-order valence-electron chi connectivity index (χ1n) is 14.3. The zero-order chi connectivity index (χ0) is 29.6. The van der Waals surface area contributed by atoms with E-state index in [2.05, 4.69) is 42.6 Å². The minimum absolute atomic E-state index is 0.0114. The van der Waals surface area contributed by atoms with Crippen molar-refractivity contribution < 1.29 is 13.2 Å². The first-order valence-corrected chi connectivity index (χ1v) is 16.6. The van der Waals surface area contributed by atoms with E-state index in [0.29, 0.717) is 36.0 Å². The lowest BCUT2D eigenvalue weighted by molar-refractivity contribution is 0.114. The number of fused-ring (bicyclic) bond motifs is 1. The molecule has 2 fully saturated rings. The number of benzene rings is 1. The Morgan fingerprint density at radius 2 is 1.71 bits per heavy atom. The zero-order valence-corrected chi connectivity index (χ0v) is 26.1. The van der Waals surface area contributed by atoms with E-state index in [1.54, 1.807) is 52.3 Å². The van der Waals surface area contributed by atoms with Gasteiger partial charge in [0.05, 0.1) is 33.9 Å². The highest BCUT2D eigenvalue weighted by atomic mass is 32.2. The Labute approximate surface area is 251 Å². The van der Waals surface area contributed by atoms with E-state index >= 15 is 0 Å². The van der Waals surface area contributed by atoms with Crippen LogP contribution in [0.2, 0.25) is 0 Å². The van der Waals surface area contributed by atoms with Gasteiger partial charge in [-0.1, -0.05) is 39.0 Å². The fourth-order valence-corrected chi connectivity index (χ4v) is 9.62. The molecule has 5 heterocycles. The monoisotopic (exact) mass is 607 g/mol. The van der Waals surface area contributed by atoms with Crippen LogP contribution in [0.25, 0.3) is 21.6 Å². The predicted molar refractivity (Wildman–Crippen MR) is 166 cm³/mol. The van der Waals surface area contributed by atoms with E-state index in [0.717, 1.165) is 47.5 Å². The van der Waals surface area contributed by atoms with Gasteiger partial charge in [0.1, 0.15) is 0 Å². The number of anilines is 2. The van der Waals surface area contributed by atoms with Crippen LogP contribution in [0.4, 0.5) is 11.8 Å². The van der Waals surface area contributed by atoms with Crippen LogP contribution >= 0.6 is 11.3 Å². The molecule has 42 heavy (non-hydrogen) atoms. The molecule has 1 aromatic carbocycles. The summed E-state index contributed by atoms with van der Waals surface area (Å²) in [7, 11) is -3.69. The molecule has 3 aromatic heterocycles. The summed E-state index contributed by atoms with van der Waals surface area (Å²) in [6.07, 6.45) is 4.99. The highest BCUT2D eigenvalue weighted by Gasteiger charge is 2.46. The molecule has 10 nitrogen and oxygen atoms in total. The molecule has 4 aromatic rings. The second-order valence-corrected chi connectivity index (χ2v) is 15.0. The standard InChI is InChI=1S/C30H37N7O3S2/c1-19-23-25(28(36-13-15-40-16-14-36)35-27(34-23)20-17-32-29(31)33-18-20)41-24(19)22-11-8-12-37(26(22)30(2,3)4)42(38,39)21-9-6-5-7-10-21/h5-7,9-10,17-18,22,26H,8,11-16H2,1-4H3,(H2,31,32,33). The van der Waals surface area contributed by atoms with Crippen LogP contribution in [0, 0.1) is 12.3 Å². The number of morpholine rings is 1. The lowest BCUT2D eigenvalue weighted by Crippen LogP contribution is -2.53. The molecular formula is C30H37N7O3S2. The number of aryl methyl sites for hydroxylation is 1. The summed E-state index contributed by atoms with van der Waals surface area (Å²) in [5.74, 6) is 1.62. The van der Waals surface area contributed by atoms with Crippen LogP contribution in [0.3, 0.4) is 0 Å². The molecule has 2 N–H and O–H groups in total. The topological polar surface area (TPSA) is 127 Å². The Morgan fingerprint density at radius 3 is 2.38 bits per heavy atom. The van der Waals surface area contributed by atoms with Gasteiger partial charge in [0.2, 0.25) is 16.0 Å². The van der Waals surface area contributed by atoms with Crippen molar-refractivity contribution in [2.45, 2.75) is 57.4 Å². The Hall–Kier alpha value is -3.19.